The van der Waals surface area contributed by atoms with Crippen LogP contribution in [0.1, 0.15) is 61.4 Å². The molecule has 1 aromatic carbocycles. The molecule has 6 heteroatoms. The summed E-state index contributed by atoms with van der Waals surface area (Å²) in [6.07, 6.45) is 5.59. The quantitative estimate of drug-likeness (QED) is 0.698. The van der Waals surface area contributed by atoms with Crippen LogP contribution in [-0.2, 0) is 19.9 Å². The Balaban J connectivity index is 1.44. The van der Waals surface area contributed by atoms with Gasteiger partial charge in [0.25, 0.3) is 5.89 Å². The molecule has 1 fully saturated rings. The third-order valence-electron chi connectivity index (χ3n) is 6.90. The van der Waals surface area contributed by atoms with Crippen LogP contribution in [0.25, 0.3) is 23.0 Å². The molecule has 3 aromatic rings. The minimum Gasteiger partial charge on any atom is -0.332 e. The van der Waals surface area contributed by atoms with Crippen molar-refractivity contribution in [2.75, 3.05) is 13.1 Å². The van der Waals surface area contributed by atoms with Gasteiger partial charge in [0, 0.05) is 23.9 Å². The number of hydrogen-bond donors (Lipinski definition) is 1. The van der Waals surface area contributed by atoms with Crippen LogP contribution in [0.3, 0.4) is 0 Å². The molecule has 0 atom stereocenters. The lowest BCUT2D eigenvalue weighted by Gasteiger charge is -2.29. The highest BCUT2D eigenvalue weighted by molar-refractivity contribution is 5.64. The molecule has 0 unspecified atom stereocenters. The average molecular weight is 406 g/mol. The molecule has 0 radical (unpaired) electrons. The molecule has 158 valence electrons. The molecule has 5 rings (SSSR count). The van der Waals surface area contributed by atoms with E-state index in [4.69, 9.17) is 14.6 Å². The topological polar surface area (TPSA) is 68.8 Å². The minimum atomic E-state index is 0.311. The lowest BCUT2D eigenvalue weighted by Crippen LogP contribution is -2.26. The summed E-state index contributed by atoms with van der Waals surface area (Å²) in [6.45, 7) is 8.99. The highest BCUT2D eigenvalue weighted by Crippen LogP contribution is 2.39. The van der Waals surface area contributed by atoms with Gasteiger partial charge in [0.05, 0.1) is 0 Å². The Labute approximate surface area is 178 Å². The molecule has 1 aliphatic carbocycles. The minimum absolute atomic E-state index is 0.311. The second-order valence-corrected chi connectivity index (χ2v) is 9.76. The first-order valence-electron chi connectivity index (χ1n) is 11.1. The van der Waals surface area contributed by atoms with E-state index in [2.05, 4.69) is 49.4 Å². The van der Waals surface area contributed by atoms with E-state index >= 15 is 0 Å². The Morgan fingerprint density at radius 1 is 1.20 bits per heavy atom. The monoisotopic (exact) mass is 405 g/mol. The summed E-state index contributed by atoms with van der Waals surface area (Å²) in [6, 6.07) is 6.68. The van der Waals surface area contributed by atoms with Crippen LogP contribution in [0.4, 0.5) is 0 Å². The molecule has 30 heavy (non-hydrogen) atoms. The molecule has 0 saturated carbocycles. The van der Waals surface area contributed by atoms with Gasteiger partial charge in [-0.3, -0.25) is 4.68 Å². The van der Waals surface area contributed by atoms with E-state index in [0.717, 1.165) is 43.6 Å². The van der Waals surface area contributed by atoms with Crippen LogP contribution < -0.4 is 5.32 Å². The van der Waals surface area contributed by atoms with Crippen LogP contribution in [0.15, 0.2) is 22.7 Å². The summed E-state index contributed by atoms with van der Waals surface area (Å²) in [5, 5.41) is 12.5. The van der Waals surface area contributed by atoms with Crippen LogP contribution in [-0.4, -0.2) is 33.0 Å². The first-order chi connectivity index (χ1) is 14.4. The van der Waals surface area contributed by atoms with E-state index in [1.165, 1.54) is 35.2 Å². The Morgan fingerprint density at radius 3 is 2.77 bits per heavy atom. The molecule has 1 aliphatic heterocycles. The lowest BCUT2D eigenvalue weighted by molar-refractivity contribution is 0.306. The number of aryl methyl sites for hydroxylation is 2. The number of fused-ring (bicyclic) bond motifs is 1. The molecular formula is C24H31N5O. The van der Waals surface area contributed by atoms with Gasteiger partial charge in [0.15, 0.2) is 5.69 Å². The molecule has 0 amide bonds. The van der Waals surface area contributed by atoms with Crippen molar-refractivity contribution >= 4 is 0 Å². The largest absolute Gasteiger partial charge is 0.332 e. The van der Waals surface area contributed by atoms with Crippen molar-refractivity contribution in [1.29, 1.82) is 0 Å². The SMILES string of the molecule is Cc1cc(C2CCNCC2)ccc1-c1noc(-c2nn(C)c3c2CCC(C)(C)C3)n1. The summed E-state index contributed by atoms with van der Waals surface area (Å²) in [4.78, 5) is 4.75. The van der Waals surface area contributed by atoms with E-state index in [1.54, 1.807) is 0 Å². The Kier molecular flexibility index (Phi) is 4.77. The van der Waals surface area contributed by atoms with E-state index < -0.39 is 0 Å². The number of rotatable bonds is 3. The van der Waals surface area contributed by atoms with Gasteiger partial charge < -0.3 is 9.84 Å². The van der Waals surface area contributed by atoms with Crippen molar-refractivity contribution in [2.24, 2.45) is 12.5 Å². The van der Waals surface area contributed by atoms with Gasteiger partial charge in [-0.2, -0.15) is 10.1 Å². The van der Waals surface area contributed by atoms with E-state index in [0.29, 0.717) is 23.0 Å². The number of hydrogen-bond acceptors (Lipinski definition) is 5. The smallest absolute Gasteiger partial charge is 0.279 e. The average Bonchev–Trinajstić information content (AvgIpc) is 3.33. The zero-order chi connectivity index (χ0) is 20.9. The van der Waals surface area contributed by atoms with Gasteiger partial charge in [0.2, 0.25) is 5.82 Å². The van der Waals surface area contributed by atoms with Crippen molar-refractivity contribution < 1.29 is 4.52 Å². The molecule has 6 nitrogen and oxygen atoms in total. The summed E-state index contributed by atoms with van der Waals surface area (Å²) in [5.74, 6) is 1.82. The molecule has 3 heterocycles. The molecule has 1 N–H and O–H groups in total. The molecule has 2 aromatic heterocycles. The maximum absolute atomic E-state index is 5.69. The second-order valence-electron chi connectivity index (χ2n) is 9.76. The van der Waals surface area contributed by atoms with Crippen LogP contribution in [0.5, 0.6) is 0 Å². The van der Waals surface area contributed by atoms with Crippen LogP contribution in [0, 0.1) is 12.3 Å². The van der Waals surface area contributed by atoms with Gasteiger partial charge in [-0.1, -0.05) is 37.2 Å². The first-order valence-corrected chi connectivity index (χ1v) is 11.1. The van der Waals surface area contributed by atoms with Gasteiger partial charge in [-0.15, -0.1) is 0 Å². The Bertz CT molecular complexity index is 1070. The summed E-state index contributed by atoms with van der Waals surface area (Å²) >= 11 is 0. The third-order valence-corrected chi connectivity index (χ3v) is 6.90. The fourth-order valence-electron chi connectivity index (χ4n) is 5.04. The van der Waals surface area contributed by atoms with Crippen molar-refractivity contribution in [3.63, 3.8) is 0 Å². The normalized spacial score (nSPS) is 19.1. The molecule has 0 bridgehead atoms. The van der Waals surface area contributed by atoms with Crippen LogP contribution >= 0.6 is 0 Å². The predicted molar refractivity (Wildman–Crippen MR) is 117 cm³/mol. The van der Waals surface area contributed by atoms with Crippen molar-refractivity contribution in [2.45, 2.75) is 58.8 Å². The number of piperidine rings is 1. The number of benzene rings is 1. The second kappa shape index (κ2) is 7.34. The Hall–Kier alpha value is -2.47. The highest BCUT2D eigenvalue weighted by Gasteiger charge is 2.32. The zero-order valence-electron chi connectivity index (χ0n) is 18.5. The summed E-state index contributed by atoms with van der Waals surface area (Å²) in [5.41, 5.74) is 7.38. The van der Waals surface area contributed by atoms with E-state index in [1.807, 2.05) is 11.7 Å². The van der Waals surface area contributed by atoms with E-state index in [9.17, 15) is 0 Å². The summed E-state index contributed by atoms with van der Waals surface area (Å²) < 4.78 is 7.69. The van der Waals surface area contributed by atoms with Gasteiger partial charge in [0.1, 0.15) is 0 Å². The fraction of sp³-hybridized carbons (Fsp3) is 0.542. The maximum atomic E-state index is 5.69. The molecule has 1 saturated heterocycles. The number of aromatic nitrogens is 4. The molecule has 2 aliphatic rings. The van der Waals surface area contributed by atoms with Crippen molar-refractivity contribution in [3.05, 3.63) is 40.6 Å². The molecular weight excluding hydrogens is 374 g/mol. The van der Waals surface area contributed by atoms with E-state index in [-0.39, 0.29) is 0 Å². The first kappa shape index (κ1) is 19.5. The fourth-order valence-corrected chi connectivity index (χ4v) is 5.04. The van der Waals surface area contributed by atoms with Crippen LogP contribution in [0.2, 0.25) is 0 Å². The van der Waals surface area contributed by atoms with Crippen molar-refractivity contribution in [1.82, 2.24) is 25.2 Å². The van der Waals surface area contributed by atoms with Crippen molar-refractivity contribution in [3.8, 4) is 23.0 Å². The van der Waals surface area contributed by atoms with Gasteiger partial charge >= 0.3 is 0 Å². The summed E-state index contributed by atoms with van der Waals surface area (Å²) in [7, 11) is 2.02. The Morgan fingerprint density at radius 2 is 2.00 bits per heavy atom. The third kappa shape index (κ3) is 3.47. The molecule has 0 spiro atoms. The van der Waals surface area contributed by atoms with Gasteiger partial charge in [-0.25, -0.2) is 0 Å². The number of nitrogens with one attached hydrogen (secondary N) is 1. The number of nitrogens with zero attached hydrogens (tertiary/aromatic N) is 4. The lowest BCUT2D eigenvalue weighted by atomic mass is 9.76. The van der Waals surface area contributed by atoms with Gasteiger partial charge in [-0.05, 0) is 74.6 Å². The highest BCUT2D eigenvalue weighted by atomic mass is 16.5. The zero-order valence-corrected chi connectivity index (χ0v) is 18.5. The maximum Gasteiger partial charge on any atom is 0.279 e. The predicted octanol–water partition coefficient (Wildman–Crippen LogP) is 4.43. The standard InChI is InChI=1S/C24H31N5O/c1-15-13-17(16-8-11-25-12-9-16)5-6-18(15)22-26-23(30-28-22)21-19-7-10-24(2,3)14-20(19)29(4)27-21/h5-6,13,16,25H,7-12,14H2,1-4H3.